The third kappa shape index (κ3) is 2.94. The first-order chi connectivity index (χ1) is 10.0. The lowest BCUT2D eigenvalue weighted by Gasteiger charge is -2.24. The number of nitrogens with zero attached hydrogens (tertiary/aromatic N) is 3. The quantitative estimate of drug-likeness (QED) is 0.837. The fourth-order valence-electron chi connectivity index (χ4n) is 3.95. The highest BCUT2D eigenvalue weighted by atomic mass is 19.3. The lowest BCUT2D eigenvalue weighted by atomic mass is 9.86. The minimum atomic E-state index is -2.61. The van der Waals surface area contributed by atoms with Crippen LogP contribution in [0.4, 0.5) is 8.78 Å². The van der Waals surface area contributed by atoms with Crippen molar-refractivity contribution in [3.63, 3.8) is 0 Å². The molecule has 0 saturated heterocycles. The van der Waals surface area contributed by atoms with Gasteiger partial charge in [-0.15, -0.1) is 0 Å². The van der Waals surface area contributed by atoms with Gasteiger partial charge < -0.3 is 4.90 Å². The molecule has 1 aromatic heterocycles. The van der Waals surface area contributed by atoms with E-state index in [9.17, 15) is 13.6 Å². The molecule has 1 aromatic rings. The van der Waals surface area contributed by atoms with E-state index in [-0.39, 0.29) is 18.3 Å². The summed E-state index contributed by atoms with van der Waals surface area (Å²) in [4.78, 5) is 17.7. The van der Waals surface area contributed by atoms with Gasteiger partial charge in [0.2, 0.25) is 5.91 Å². The summed E-state index contributed by atoms with van der Waals surface area (Å²) < 4.78 is 26.3. The van der Waals surface area contributed by atoms with Gasteiger partial charge in [-0.3, -0.25) is 9.36 Å². The van der Waals surface area contributed by atoms with Gasteiger partial charge in [0.1, 0.15) is 5.82 Å². The zero-order valence-electron chi connectivity index (χ0n) is 12.2. The molecule has 2 fully saturated rings. The number of hydrogen-bond donors (Lipinski definition) is 0. The third-order valence-corrected chi connectivity index (χ3v) is 5.08. The van der Waals surface area contributed by atoms with Gasteiger partial charge in [-0.2, -0.15) is 8.78 Å². The third-order valence-electron chi connectivity index (χ3n) is 5.08. The maximum absolute atomic E-state index is 12.8. The summed E-state index contributed by atoms with van der Waals surface area (Å²) in [5.74, 6) is 2.28. The second kappa shape index (κ2) is 5.73. The van der Waals surface area contributed by atoms with E-state index in [0.717, 1.165) is 16.9 Å². The molecule has 3 atom stereocenters. The molecule has 0 aromatic carbocycles. The summed E-state index contributed by atoms with van der Waals surface area (Å²) in [6.45, 7) is -2.48. The van der Waals surface area contributed by atoms with Gasteiger partial charge in [0.05, 0.1) is 6.54 Å². The molecule has 2 aliphatic carbocycles. The van der Waals surface area contributed by atoms with Crippen molar-refractivity contribution < 1.29 is 13.6 Å². The highest BCUT2D eigenvalue weighted by Gasteiger charge is 2.40. The van der Waals surface area contributed by atoms with Crippen LogP contribution in [0.1, 0.15) is 44.5 Å². The summed E-state index contributed by atoms with van der Waals surface area (Å²) >= 11 is 0. The second-order valence-electron chi connectivity index (χ2n) is 6.42. The van der Waals surface area contributed by atoms with Crippen molar-refractivity contribution in [2.24, 2.45) is 17.8 Å². The van der Waals surface area contributed by atoms with E-state index in [1.807, 2.05) is 0 Å². The number of amides is 1. The van der Waals surface area contributed by atoms with E-state index < -0.39 is 6.55 Å². The smallest absolute Gasteiger partial charge is 0.319 e. The van der Waals surface area contributed by atoms with Crippen LogP contribution in [0.5, 0.6) is 0 Å². The molecule has 1 heterocycles. The van der Waals surface area contributed by atoms with Crippen molar-refractivity contribution in [1.29, 1.82) is 0 Å². The van der Waals surface area contributed by atoms with Crippen LogP contribution in [-0.2, 0) is 11.3 Å². The molecule has 1 amide bonds. The van der Waals surface area contributed by atoms with E-state index in [0.29, 0.717) is 18.3 Å². The zero-order chi connectivity index (χ0) is 15.0. The first-order valence-corrected chi connectivity index (χ1v) is 7.58. The first-order valence-electron chi connectivity index (χ1n) is 7.58. The maximum atomic E-state index is 12.8. The number of hydrogen-bond acceptors (Lipinski definition) is 2. The Balaban J connectivity index is 1.56. The highest BCUT2D eigenvalue weighted by Crippen LogP contribution is 2.49. The van der Waals surface area contributed by atoms with E-state index in [1.165, 1.54) is 36.6 Å². The van der Waals surface area contributed by atoms with Gasteiger partial charge in [0.25, 0.3) is 0 Å². The molecule has 21 heavy (non-hydrogen) atoms. The molecule has 0 aliphatic heterocycles. The summed E-state index contributed by atoms with van der Waals surface area (Å²) in [5.41, 5.74) is 0. The van der Waals surface area contributed by atoms with Crippen molar-refractivity contribution in [1.82, 2.24) is 14.5 Å². The number of alkyl halides is 2. The largest absolute Gasteiger partial charge is 0.338 e. The van der Waals surface area contributed by atoms with Crippen LogP contribution < -0.4 is 0 Å². The summed E-state index contributed by atoms with van der Waals surface area (Å²) in [6, 6.07) is 0. The van der Waals surface area contributed by atoms with E-state index >= 15 is 0 Å². The Morgan fingerprint density at radius 2 is 2.29 bits per heavy atom. The molecule has 0 radical (unpaired) electrons. The Morgan fingerprint density at radius 1 is 1.48 bits per heavy atom. The fourth-order valence-corrected chi connectivity index (χ4v) is 3.95. The summed E-state index contributed by atoms with van der Waals surface area (Å²) in [5, 5.41) is 0. The zero-order valence-corrected chi connectivity index (χ0v) is 12.2. The Morgan fingerprint density at radius 3 is 2.90 bits per heavy atom. The molecule has 2 saturated carbocycles. The normalized spacial score (nSPS) is 27.5. The average molecular weight is 297 g/mol. The van der Waals surface area contributed by atoms with Crippen LogP contribution in [0.15, 0.2) is 12.4 Å². The molecule has 0 spiro atoms. The van der Waals surface area contributed by atoms with Crippen LogP contribution in [0.25, 0.3) is 0 Å². The first kappa shape index (κ1) is 14.5. The highest BCUT2D eigenvalue weighted by molar-refractivity contribution is 5.76. The monoisotopic (exact) mass is 297 g/mol. The number of imidazole rings is 1. The SMILES string of the molecule is CN(Cc1nccn1C(F)F)C(=O)CC1CC2CCC1C2. The number of fused-ring (bicyclic) bond motifs is 2. The number of carbonyl (C=O) groups excluding carboxylic acids is 1. The topological polar surface area (TPSA) is 38.1 Å². The lowest BCUT2D eigenvalue weighted by molar-refractivity contribution is -0.132. The van der Waals surface area contributed by atoms with Crippen molar-refractivity contribution in [3.8, 4) is 0 Å². The predicted octanol–water partition coefficient (Wildman–Crippen LogP) is 3.06. The van der Waals surface area contributed by atoms with Crippen molar-refractivity contribution in [3.05, 3.63) is 18.2 Å². The van der Waals surface area contributed by atoms with Crippen LogP contribution >= 0.6 is 0 Å². The van der Waals surface area contributed by atoms with Crippen molar-refractivity contribution in [2.45, 2.75) is 45.2 Å². The molecule has 6 heteroatoms. The summed E-state index contributed by atoms with van der Waals surface area (Å²) in [6.07, 6.45) is 8.14. The van der Waals surface area contributed by atoms with Gasteiger partial charge in [-0.1, -0.05) is 6.42 Å². The van der Waals surface area contributed by atoms with Gasteiger partial charge in [-0.25, -0.2) is 4.98 Å². The summed E-state index contributed by atoms with van der Waals surface area (Å²) in [7, 11) is 1.67. The number of carbonyl (C=O) groups is 1. The van der Waals surface area contributed by atoms with Crippen molar-refractivity contribution in [2.75, 3.05) is 7.05 Å². The van der Waals surface area contributed by atoms with Gasteiger partial charge in [0.15, 0.2) is 0 Å². The minimum absolute atomic E-state index is 0.0383. The number of rotatable bonds is 5. The molecule has 2 bridgehead atoms. The fraction of sp³-hybridized carbons (Fsp3) is 0.733. The Labute approximate surface area is 123 Å². The predicted molar refractivity (Wildman–Crippen MR) is 73.5 cm³/mol. The Hall–Kier alpha value is -1.46. The maximum Gasteiger partial charge on any atom is 0.319 e. The minimum Gasteiger partial charge on any atom is -0.338 e. The standard InChI is InChI=1S/C15H21F2N3O/c1-19(9-13-18-4-5-20(13)15(16)17)14(21)8-12-7-10-2-3-11(12)6-10/h4-5,10-12,15H,2-3,6-9H2,1H3. The van der Waals surface area contributed by atoms with E-state index in [1.54, 1.807) is 7.05 Å². The molecule has 4 nitrogen and oxygen atoms in total. The van der Waals surface area contributed by atoms with Gasteiger partial charge >= 0.3 is 6.55 Å². The van der Waals surface area contributed by atoms with Gasteiger partial charge in [0, 0.05) is 25.9 Å². The van der Waals surface area contributed by atoms with Crippen LogP contribution in [0, 0.1) is 17.8 Å². The molecule has 3 unspecified atom stereocenters. The molecular formula is C15H21F2N3O. The van der Waals surface area contributed by atoms with Crippen molar-refractivity contribution >= 4 is 5.91 Å². The Kier molecular flexibility index (Phi) is 3.95. The van der Waals surface area contributed by atoms with Gasteiger partial charge in [-0.05, 0) is 37.0 Å². The molecule has 2 aliphatic rings. The van der Waals surface area contributed by atoms with E-state index in [4.69, 9.17) is 0 Å². The van der Waals surface area contributed by atoms with Crippen LogP contribution in [-0.4, -0.2) is 27.4 Å². The average Bonchev–Trinajstić information content (AvgIpc) is 3.13. The molecule has 0 N–H and O–H groups in total. The molecular weight excluding hydrogens is 276 g/mol. The second-order valence-corrected chi connectivity index (χ2v) is 6.42. The Bertz CT molecular complexity index is 517. The van der Waals surface area contributed by atoms with Crippen LogP contribution in [0.3, 0.4) is 0 Å². The molecule has 3 rings (SSSR count). The lowest BCUT2D eigenvalue weighted by Crippen LogP contribution is -2.30. The number of halogens is 2. The molecule has 116 valence electrons. The van der Waals surface area contributed by atoms with E-state index in [2.05, 4.69) is 4.98 Å². The number of aromatic nitrogens is 2. The van der Waals surface area contributed by atoms with Crippen LogP contribution in [0.2, 0.25) is 0 Å².